The fourth-order valence-electron chi connectivity index (χ4n) is 3.48. The zero-order valence-corrected chi connectivity index (χ0v) is 17.7. The summed E-state index contributed by atoms with van der Waals surface area (Å²) >= 11 is 7.23. The number of nitrogens with one attached hydrogen (secondary N) is 1. The zero-order valence-electron chi connectivity index (χ0n) is 16.1. The molecule has 1 N–H and O–H groups in total. The van der Waals surface area contributed by atoms with Crippen LogP contribution in [0.5, 0.6) is 0 Å². The van der Waals surface area contributed by atoms with Crippen LogP contribution in [-0.4, -0.2) is 39.4 Å². The van der Waals surface area contributed by atoms with Gasteiger partial charge in [-0.1, -0.05) is 22.9 Å². The van der Waals surface area contributed by atoms with Crippen molar-refractivity contribution in [3.63, 3.8) is 0 Å². The first-order chi connectivity index (χ1) is 14.6. The third-order valence-electron chi connectivity index (χ3n) is 5.03. The zero-order chi connectivity index (χ0) is 20.9. The molecule has 1 aromatic carbocycles. The quantitative estimate of drug-likeness (QED) is 0.620. The molecule has 0 bridgehead atoms. The average Bonchev–Trinajstić information content (AvgIpc) is 3.18. The number of piperidine rings is 1. The minimum Gasteiger partial charge on any atom is -0.355 e. The molecule has 0 saturated carbocycles. The second-order valence-corrected chi connectivity index (χ2v) is 8.68. The van der Waals surface area contributed by atoms with Gasteiger partial charge < -0.3 is 10.2 Å². The molecule has 10 heteroatoms. The number of benzene rings is 1. The molecular weight excluding hydrogens is 427 g/mol. The highest BCUT2D eigenvalue weighted by molar-refractivity contribution is 7.15. The molecule has 156 valence electrons. The first kappa shape index (κ1) is 20.6. The number of rotatable bonds is 6. The number of hydrogen-bond acceptors (Lipinski definition) is 7. The second-order valence-electron chi connectivity index (χ2n) is 7.18. The van der Waals surface area contributed by atoms with Gasteiger partial charge >= 0.3 is 0 Å². The van der Waals surface area contributed by atoms with E-state index in [-0.39, 0.29) is 17.9 Å². The van der Waals surface area contributed by atoms with Crippen LogP contribution >= 0.6 is 22.9 Å². The maximum Gasteiger partial charge on any atom is 0.230 e. The summed E-state index contributed by atoms with van der Waals surface area (Å²) in [6, 6.07) is 8.03. The van der Waals surface area contributed by atoms with E-state index in [4.69, 9.17) is 11.6 Å². The van der Waals surface area contributed by atoms with Crippen LogP contribution in [0.25, 0.3) is 0 Å². The molecule has 0 aliphatic carbocycles. The number of anilines is 2. The van der Waals surface area contributed by atoms with Gasteiger partial charge in [0, 0.05) is 30.7 Å². The number of carbonyl (C=O) groups is 1. The van der Waals surface area contributed by atoms with Crippen molar-refractivity contribution in [2.75, 3.05) is 23.3 Å². The SMILES string of the molecule is O=C(Cc1cc(Cl)ccc1F)Nc1nnc(CC2CCN(c3cccnn3)CC2)s1. The number of aromatic nitrogens is 4. The summed E-state index contributed by atoms with van der Waals surface area (Å²) in [5.41, 5.74) is 0.250. The Kier molecular flexibility index (Phi) is 6.49. The lowest BCUT2D eigenvalue weighted by Gasteiger charge is -2.32. The Morgan fingerprint density at radius 2 is 2.07 bits per heavy atom. The van der Waals surface area contributed by atoms with E-state index >= 15 is 0 Å². The highest BCUT2D eigenvalue weighted by atomic mass is 35.5. The Bertz CT molecular complexity index is 1010. The standard InChI is InChI=1S/C20H20ClFN6OS/c21-15-3-4-16(22)14(11-15)12-18(29)24-20-27-26-19(30-20)10-13-5-8-28(9-6-13)17-2-1-7-23-25-17/h1-4,7,11,13H,5-6,8-10,12H2,(H,24,27,29). The largest absolute Gasteiger partial charge is 0.355 e. The summed E-state index contributed by atoms with van der Waals surface area (Å²) in [7, 11) is 0. The van der Waals surface area contributed by atoms with Gasteiger partial charge in [0.25, 0.3) is 0 Å². The molecule has 0 atom stereocenters. The molecule has 1 saturated heterocycles. The van der Waals surface area contributed by atoms with E-state index in [0.717, 1.165) is 43.2 Å². The smallest absolute Gasteiger partial charge is 0.230 e. The highest BCUT2D eigenvalue weighted by Gasteiger charge is 2.22. The Hall–Kier alpha value is -2.65. The van der Waals surface area contributed by atoms with Crippen molar-refractivity contribution in [1.82, 2.24) is 20.4 Å². The molecule has 2 aromatic heterocycles. The molecule has 1 aliphatic rings. The second kappa shape index (κ2) is 9.44. The number of amides is 1. The van der Waals surface area contributed by atoms with Gasteiger partial charge in [-0.05, 0) is 54.7 Å². The van der Waals surface area contributed by atoms with E-state index in [1.807, 2.05) is 12.1 Å². The lowest BCUT2D eigenvalue weighted by molar-refractivity contribution is -0.115. The average molecular weight is 447 g/mol. The van der Waals surface area contributed by atoms with Gasteiger partial charge in [-0.3, -0.25) is 4.79 Å². The van der Waals surface area contributed by atoms with Crippen LogP contribution in [0.1, 0.15) is 23.4 Å². The fourth-order valence-corrected chi connectivity index (χ4v) is 4.54. The summed E-state index contributed by atoms with van der Waals surface area (Å²) in [6.45, 7) is 1.86. The van der Waals surface area contributed by atoms with Crippen LogP contribution in [0.3, 0.4) is 0 Å². The predicted molar refractivity (Wildman–Crippen MR) is 114 cm³/mol. The van der Waals surface area contributed by atoms with Crippen molar-refractivity contribution in [2.24, 2.45) is 5.92 Å². The van der Waals surface area contributed by atoms with Gasteiger partial charge in [-0.15, -0.1) is 15.3 Å². The lowest BCUT2D eigenvalue weighted by atomic mass is 9.94. The molecule has 30 heavy (non-hydrogen) atoms. The first-order valence-corrected chi connectivity index (χ1v) is 10.8. The Labute approximate surface area is 182 Å². The molecule has 1 aliphatic heterocycles. The molecule has 0 spiro atoms. The number of nitrogens with zero attached hydrogens (tertiary/aromatic N) is 5. The van der Waals surface area contributed by atoms with E-state index in [2.05, 4.69) is 30.6 Å². The Morgan fingerprint density at radius 1 is 1.23 bits per heavy atom. The highest BCUT2D eigenvalue weighted by Crippen LogP contribution is 2.26. The Balaban J connectivity index is 1.27. The predicted octanol–water partition coefficient (Wildman–Crippen LogP) is 3.76. The normalized spacial score (nSPS) is 14.7. The van der Waals surface area contributed by atoms with E-state index in [0.29, 0.717) is 16.1 Å². The lowest BCUT2D eigenvalue weighted by Crippen LogP contribution is -2.34. The van der Waals surface area contributed by atoms with Crippen molar-refractivity contribution in [3.05, 3.63) is 57.9 Å². The number of hydrogen-bond donors (Lipinski definition) is 1. The van der Waals surface area contributed by atoms with Gasteiger partial charge in [0.05, 0.1) is 6.42 Å². The van der Waals surface area contributed by atoms with Crippen molar-refractivity contribution in [3.8, 4) is 0 Å². The first-order valence-electron chi connectivity index (χ1n) is 9.65. The minimum absolute atomic E-state index is 0.109. The summed E-state index contributed by atoms with van der Waals surface area (Å²) in [5, 5.41) is 20.8. The fraction of sp³-hybridized carbons (Fsp3) is 0.350. The van der Waals surface area contributed by atoms with Crippen LogP contribution in [0.15, 0.2) is 36.5 Å². The maximum atomic E-state index is 13.8. The molecule has 0 radical (unpaired) electrons. The third-order valence-corrected chi connectivity index (χ3v) is 6.13. The van der Waals surface area contributed by atoms with Crippen LogP contribution in [0.2, 0.25) is 5.02 Å². The molecule has 3 heterocycles. The van der Waals surface area contributed by atoms with Crippen molar-refractivity contribution >= 4 is 39.8 Å². The van der Waals surface area contributed by atoms with Crippen molar-refractivity contribution in [2.45, 2.75) is 25.7 Å². The van der Waals surface area contributed by atoms with Crippen LogP contribution in [0, 0.1) is 11.7 Å². The number of halogens is 2. The number of carbonyl (C=O) groups excluding carboxylic acids is 1. The van der Waals surface area contributed by atoms with Gasteiger partial charge in [0.15, 0.2) is 5.82 Å². The molecule has 1 fully saturated rings. The summed E-state index contributed by atoms with van der Waals surface area (Å²) < 4.78 is 13.8. The van der Waals surface area contributed by atoms with Gasteiger partial charge in [0.1, 0.15) is 10.8 Å². The van der Waals surface area contributed by atoms with Crippen molar-refractivity contribution in [1.29, 1.82) is 0 Å². The Morgan fingerprint density at radius 3 is 2.83 bits per heavy atom. The monoisotopic (exact) mass is 446 g/mol. The van der Waals surface area contributed by atoms with Crippen molar-refractivity contribution < 1.29 is 9.18 Å². The van der Waals surface area contributed by atoms with E-state index in [9.17, 15) is 9.18 Å². The third kappa shape index (κ3) is 5.28. The van der Waals surface area contributed by atoms with E-state index < -0.39 is 5.82 Å². The molecule has 7 nitrogen and oxygen atoms in total. The van der Waals surface area contributed by atoms with E-state index in [1.54, 1.807) is 6.20 Å². The van der Waals surface area contributed by atoms with Gasteiger partial charge in [0.2, 0.25) is 11.0 Å². The summed E-state index contributed by atoms with van der Waals surface area (Å²) in [5.74, 6) is 0.611. The van der Waals surface area contributed by atoms with Gasteiger partial charge in [-0.2, -0.15) is 5.10 Å². The van der Waals surface area contributed by atoms with Gasteiger partial charge in [-0.25, -0.2) is 4.39 Å². The molecule has 1 amide bonds. The van der Waals surface area contributed by atoms with Crippen LogP contribution in [-0.2, 0) is 17.6 Å². The molecule has 3 aromatic rings. The summed E-state index contributed by atoms with van der Waals surface area (Å²) in [6.07, 6.45) is 4.46. The van der Waals surface area contributed by atoms with E-state index in [1.165, 1.54) is 29.5 Å². The maximum absolute atomic E-state index is 13.8. The summed E-state index contributed by atoms with van der Waals surface area (Å²) in [4.78, 5) is 14.5. The molecule has 4 rings (SSSR count). The molecule has 0 unspecified atom stereocenters. The molecular formula is C20H20ClFN6OS. The topological polar surface area (TPSA) is 83.9 Å². The van der Waals surface area contributed by atoms with Crippen LogP contribution < -0.4 is 10.2 Å². The van der Waals surface area contributed by atoms with Crippen LogP contribution in [0.4, 0.5) is 15.3 Å². The minimum atomic E-state index is -0.458.